The third-order valence-corrected chi connectivity index (χ3v) is 4.10. The van der Waals surface area contributed by atoms with Crippen LogP contribution in [0.2, 0.25) is 0 Å². The standard InChI is InChI=1S/C19H14N4O4/c1-11(24)20-13-6-7-14-12(8-18(25)27-17(14)9-13)10-23-19(26)15-4-2-3-5-16(15)21-22-23/h2-9H,10H2,1H3,(H,20,24). The van der Waals surface area contributed by atoms with E-state index in [4.69, 9.17) is 4.42 Å². The van der Waals surface area contributed by atoms with E-state index in [0.29, 0.717) is 33.1 Å². The first-order valence-electron chi connectivity index (χ1n) is 8.18. The number of benzene rings is 2. The third kappa shape index (κ3) is 3.20. The summed E-state index contributed by atoms with van der Waals surface area (Å²) < 4.78 is 6.44. The quantitative estimate of drug-likeness (QED) is 0.558. The first kappa shape index (κ1) is 16.6. The van der Waals surface area contributed by atoms with Crippen LogP contribution in [0.15, 0.2) is 62.5 Å². The van der Waals surface area contributed by atoms with Crippen molar-refractivity contribution in [3.05, 3.63) is 74.9 Å². The lowest BCUT2D eigenvalue weighted by atomic mass is 10.1. The van der Waals surface area contributed by atoms with Crippen LogP contribution in [0.5, 0.6) is 0 Å². The lowest BCUT2D eigenvalue weighted by Gasteiger charge is -2.09. The molecule has 0 bridgehead atoms. The molecule has 4 rings (SSSR count). The van der Waals surface area contributed by atoms with Gasteiger partial charge in [0.25, 0.3) is 5.56 Å². The van der Waals surface area contributed by atoms with Gasteiger partial charge in [0, 0.05) is 30.1 Å². The lowest BCUT2D eigenvalue weighted by molar-refractivity contribution is -0.114. The van der Waals surface area contributed by atoms with Crippen molar-refractivity contribution < 1.29 is 9.21 Å². The van der Waals surface area contributed by atoms with Crippen molar-refractivity contribution in [1.82, 2.24) is 15.0 Å². The number of carbonyl (C=O) groups excluding carboxylic acids is 1. The van der Waals surface area contributed by atoms with E-state index in [1.54, 1.807) is 42.5 Å². The van der Waals surface area contributed by atoms with Crippen molar-refractivity contribution >= 4 is 33.5 Å². The predicted molar refractivity (Wildman–Crippen MR) is 99.7 cm³/mol. The van der Waals surface area contributed by atoms with E-state index < -0.39 is 5.63 Å². The van der Waals surface area contributed by atoms with Crippen molar-refractivity contribution in [3.8, 4) is 0 Å². The fourth-order valence-corrected chi connectivity index (χ4v) is 2.93. The first-order valence-corrected chi connectivity index (χ1v) is 8.18. The Kier molecular flexibility index (Phi) is 4.00. The lowest BCUT2D eigenvalue weighted by Crippen LogP contribution is -2.25. The van der Waals surface area contributed by atoms with Crippen LogP contribution in [0.25, 0.3) is 21.9 Å². The fourth-order valence-electron chi connectivity index (χ4n) is 2.93. The number of rotatable bonds is 3. The molecule has 0 unspecified atom stereocenters. The normalized spacial score (nSPS) is 11.0. The van der Waals surface area contributed by atoms with E-state index in [0.717, 1.165) is 0 Å². The highest BCUT2D eigenvalue weighted by atomic mass is 16.4. The fraction of sp³-hybridized carbons (Fsp3) is 0.105. The van der Waals surface area contributed by atoms with Gasteiger partial charge in [0.15, 0.2) is 0 Å². The molecule has 8 heteroatoms. The Morgan fingerprint density at radius 2 is 1.93 bits per heavy atom. The van der Waals surface area contributed by atoms with Crippen molar-refractivity contribution in [2.75, 3.05) is 5.32 Å². The number of hydrogen-bond donors (Lipinski definition) is 1. The number of aromatic nitrogens is 3. The molecule has 8 nitrogen and oxygen atoms in total. The van der Waals surface area contributed by atoms with Crippen LogP contribution in [0.4, 0.5) is 5.69 Å². The maximum Gasteiger partial charge on any atom is 0.336 e. The van der Waals surface area contributed by atoms with Crippen LogP contribution in [0.3, 0.4) is 0 Å². The number of amides is 1. The van der Waals surface area contributed by atoms with Gasteiger partial charge in [-0.25, -0.2) is 9.48 Å². The second-order valence-electron chi connectivity index (χ2n) is 6.05. The summed E-state index contributed by atoms with van der Waals surface area (Å²) >= 11 is 0. The van der Waals surface area contributed by atoms with Gasteiger partial charge in [-0.3, -0.25) is 9.59 Å². The third-order valence-electron chi connectivity index (χ3n) is 4.10. The predicted octanol–water partition coefficient (Wildman–Crippen LogP) is 1.90. The zero-order valence-corrected chi connectivity index (χ0v) is 14.3. The zero-order valence-electron chi connectivity index (χ0n) is 14.3. The van der Waals surface area contributed by atoms with Gasteiger partial charge in [0.1, 0.15) is 11.1 Å². The van der Waals surface area contributed by atoms with E-state index in [9.17, 15) is 14.4 Å². The molecule has 0 aliphatic rings. The summed E-state index contributed by atoms with van der Waals surface area (Å²) in [6.45, 7) is 1.46. The van der Waals surface area contributed by atoms with Crippen LogP contribution < -0.4 is 16.5 Å². The van der Waals surface area contributed by atoms with Gasteiger partial charge in [-0.05, 0) is 29.8 Å². The summed E-state index contributed by atoms with van der Waals surface area (Å²) in [7, 11) is 0. The van der Waals surface area contributed by atoms with Gasteiger partial charge >= 0.3 is 5.63 Å². The Labute approximate surface area is 152 Å². The highest BCUT2D eigenvalue weighted by Gasteiger charge is 2.11. The molecule has 0 radical (unpaired) electrons. The minimum absolute atomic E-state index is 0.0677. The van der Waals surface area contributed by atoms with Crippen molar-refractivity contribution in [1.29, 1.82) is 0 Å². The van der Waals surface area contributed by atoms with E-state index in [2.05, 4.69) is 15.6 Å². The molecule has 0 aliphatic heterocycles. The van der Waals surface area contributed by atoms with E-state index in [1.165, 1.54) is 17.7 Å². The molecule has 2 aromatic carbocycles. The second-order valence-corrected chi connectivity index (χ2v) is 6.05. The molecule has 134 valence electrons. The molecule has 0 spiro atoms. The average Bonchev–Trinajstić information content (AvgIpc) is 2.63. The summed E-state index contributed by atoms with van der Waals surface area (Å²) in [6.07, 6.45) is 0. The SMILES string of the molecule is CC(=O)Nc1ccc2c(Cn3nnc4ccccc4c3=O)cc(=O)oc2c1. The van der Waals surface area contributed by atoms with Crippen molar-refractivity contribution in [2.24, 2.45) is 0 Å². The van der Waals surface area contributed by atoms with Gasteiger partial charge in [0.05, 0.1) is 11.9 Å². The van der Waals surface area contributed by atoms with Crippen LogP contribution in [0.1, 0.15) is 12.5 Å². The number of anilines is 1. The molecule has 0 saturated heterocycles. The maximum atomic E-state index is 12.6. The number of carbonyl (C=O) groups is 1. The van der Waals surface area contributed by atoms with E-state index in [1.807, 2.05) is 0 Å². The van der Waals surface area contributed by atoms with Gasteiger partial charge in [-0.15, -0.1) is 5.10 Å². The molecule has 0 saturated carbocycles. The highest BCUT2D eigenvalue weighted by molar-refractivity contribution is 5.92. The van der Waals surface area contributed by atoms with Crippen LogP contribution in [0, 0.1) is 0 Å². The summed E-state index contributed by atoms with van der Waals surface area (Å²) in [4.78, 5) is 35.8. The van der Waals surface area contributed by atoms with Gasteiger partial charge in [-0.1, -0.05) is 17.3 Å². The number of fused-ring (bicyclic) bond motifs is 2. The minimum atomic E-state index is -0.556. The Bertz CT molecular complexity index is 1310. The second kappa shape index (κ2) is 6.49. The van der Waals surface area contributed by atoms with E-state index >= 15 is 0 Å². The molecule has 2 heterocycles. The van der Waals surface area contributed by atoms with Crippen LogP contribution in [-0.4, -0.2) is 20.9 Å². The molecule has 4 aromatic rings. The Balaban J connectivity index is 1.82. The zero-order chi connectivity index (χ0) is 19.0. The molecule has 0 aliphatic carbocycles. The number of hydrogen-bond acceptors (Lipinski definition) is 6. The molecular formula is C19H14N4O4. The largest absolute Gasteiger partial charge is 0.423 e. The number of nitrogens with zero attached hydrogens (tertiary/aromatic N) is 3. The summed E-state index contributed by atoms with van der Waals surface area (Å²) in [5.74, 6) is -0.231. The molecule has 27 heavy (non-hydrogen) atoms. The Hall–Kier alpha value is -3.81. The van der Waals surface area contributed by atoms with Gasteiger partial charge < -0.3 is 9.73 Å². The van der Waals surface area contributed by atoms with Crippen molar-refractivity contribution in [3.63, 3.8) is 0 Å². The van der Waals surface area contributed by atoms with Crippen molar-refractivity contribution in [2.45, 2.75) is 13.5 Å². The minimum Gasteiger partial charge on any atom is -0.423 e. The molecule has 2 aromatic heterocycles. The highest BCUT2D eigenvalue weighted by Crippen LogP contribution is 2.21. The smallest absolute Gasteiger partial charge is 0.336 e. The first-order chi connectivity index (χ1) is 13.0. The van der Waals surface area contributed by atoms with Gasteiger partial charge in [0.2, 0.25) is 5.91 Å². The summed E-state index contributed by atoms with van der Waals surface area (Å²) in [5, 5.41) is 11.7. The van der Waals surface area contributed by atoms with Gasteiger partial charge in [-0.2, -0.15) is 0 Å². The molecule has 1 amide bonds. The topological polar surface area (TPSA) is 107 Å². The summed E-state index contributed by atoms with van der Waals surface area (Å²) in [6, 6.07) is 13.2. The maximum absolute atomic E-state index is 12.6. The Morgan fingerprint density at radius 3 is 2.74 bits per heavy atom. The molecule has 1 N–H and O–H groups in total. The van der Waals surface area contributed by atoms with Crippen LogP contribution >= 0.6 is 0 Å². The Morgan fingerprint density at radius 1 is 1.11 bits per heavy atom. The molecule has 0 atom stereocenters. The molecule has 0 fully saturated rings. The average molecular weight is 362 g/mol. The number of nitrogens with one attached hydrogen (secondary N) is 1. The van der Waals surface area contributed by atoms with E-state index in [-0.39, 0.29) is 18.0 Å². The monoisotopic (exact) mass is 362 g/mol. The molecular weight excluding hydrogens is 348 g/mol. The van der Waals surface area contributed by atoms with Crippen LogP contribution in [-0.2, 0) is 11.3 Å². The summed E-state index contributed by atoms with van der Waals surface area (Å²) in [5.41, 5.74) is 1.05.